The zero-order chi connectivity index (χ0) is 18.8. The number of aliphatic hydroxyl groups is 2. The average Bonchev–Trinajstić information content (AvgIpc) is 2.76. The zero-order valence-electron chi connectivity index (χ0n) is 15.7. The van der Waals surface area contributed by atoms with Crippen molar-refractivity contribution in [2.45, 2.75) is 82.9 Å². The first-order valence-corrected chi connectivity index (χ1v) is 11.1. The molecular weight excluding hydrogens is 330 g/mol. The maximum Gasteiger partial charge on any atom is 0.192 e. The molecule has 1 aliphatic rings. The minimum Gasteiger partial charge on any atom is -0.414 e. The molecule has 0 amide bonds. The van der Waals surface area contributed by atoms with E-state index in [9.17, 15) is 10.2 Å². The van der Waals surface area contributed by atoms with Gasteiger partial charge in [-0.1, -0.05) is 25.9 Å². The predicted octanol–water partition coefficient (Wildman–Crippen LogP) is 2.56. The first-order valence-electron chi connectivity index (χ1n) is 8.17. The van der Waals surface area contributed by atoms with Crippen LogP contribution in [0.2, 0.25) is 18.1 Å². The first-order chi connectivity index (χ1) is 10.8. The van der Waals surface area contributed by atoms with Gasteiger partial charge in [-0.15, -0.1) is 0 Å². The molecule has 0 unspecified atom stereocenters. The molecule has 24 heavy (non-hydrogen) atoms. The molecule has 2 N–H and O–H groups in total. The molecule has 0 aromatic heterocycles. The fourth-order valence-electron chi connectivity index (χ4n) is 2.29. The molecule has 0 aliphatic carbocycles. The van der Waals surface area contributed by atoms with Gasteiger partial charge in [-0.2, -0.15) is 0 Å². The summed E-state index contributed by atoms with van der Waals surface area (Å²) in [5, 5.41) is 23.3. The van der Waals surface area contributed by atoms with Crippen LogP contribution in [0.3, 0.4) is 0 Å². The van der Waals surface area contributed by atoms with Crippen LogP contribution in [-0.2, 0) is 13.9 Å². The third-order valence-electron chi connectivity index (χ3n) is 4.75. The lowest BCUT2D eigenvalue weighted by Crippen LogP contribution is -2.48. The van der Waals surface area contributed by atoms with Gasteiger partial charge in [-0.25, -0.2) is 0 Å². The largest absolute Gasteiger partial charge is 0.414 e. The highest BCUT2D eigenvalue weighted by Gasteiger charge is 2.48. The number of hydrogen-bond acceptors (Lipinski definition) is 6. The fourth-order valence-corrected chi connectivity index (χ4v) is 3.30. The summed E-state index contributed by atoms with van der Waals surface area (Å²) in [7, 11) is -1.98. The maximum atomic E-state index is 10.5. The van der Waals surface area contributed by atoms with E-state index >= 15 is 0 Å². The lowest BCUT2D eigenvalue weighted by molar-refractivity contribution is -0.158. The third kappa shape index (κ3) is 5.16. The number of rotatable bonds is 7. The fraction of sp³-hybridized carbons (Fsp3) is 1.00. The van der Waals surface area contributed by atoms with E-state index in [2.05, 4.69) is 43.9 Å². The lowest BCUT2D eigenvalue weighted by Gasteiger charge is -2.37. The second-order valence-corrected chi connectivity index (χ2v) is 13.0. The van der Waals surface area contributed by atoms with Crippen molar-refractivity contribution in [2.24, 2.45) is 5.11 Å². The predicted molar refractivity (Wildman–Crippen MR) is 93.0 cm³/mol. The minimum atomic E-state index is -1.98. The Labute approximate surface area is 144 Å². The molecule has 0 saturated carbocycles. The van der Waals surface area contributed by atoms with E-state index in [1.807, 2.05) is 0 Å². The molecule has 1 rings (SSSR count). The molecule has 1 fully saturated rings. The normalized spacial score (nSPS) is 26.7. The standard InChI is InChI=1S/C15H31N3O5Si/c1-14(2,3)24(6,7)21-9-11-13(23-15(4,5)22-11)12(20)10(8-19)17-18-16/h10-13,19-20H,8-9H2,1-7H3/t10-,11-,12-,13+/m0/s1. The third-order valence-corrected chi connectivity index (χ3v) is 9.25. The minimum absolute atomic E-state index is 0.0504. The number of aliphatic hydroxyl groups excluding tert-OH is 2. The number of nitrogens with zero attached hydrogens (tertiary/aromatic N) is 3. The van der Waals surface area contributed by atoms with Gasteiger partial charge in [0.1, 0.15) is 12.2 Å². The molecule has 0 aromatic rings. The van der Waals surface area contributed by atoms with Gasteiger partial charge in [0.15, 0.2) is 14.1 Å². The summed E-state index contributed by atoms with van der Waals surface area (Å²) in [4.78, 5) is 2.66. The molecule has 0 radical (unpaired) electrons. The van der Waals surface area contributed by atoms with E-state index in [0.717, 1.165) is 0 Å². The average molecular weight is 362 g/mol. The highest BCUT2D eigenvalue weighted by molar-refractivity contribution is 6.74. The zero-order valence-corrected chi connectivity index (χ0v) is 16.7. The smallest absolute Gasteiger partial charge is 0.192 e. The molecule has 1 aliphatic heterocycles. The van der Waals surface area contributed by atoms with Crippen molar-refractivity contribution in [1.82, 2.24) is 0 Å². The molecule has 1 saturated heterocycles. The Morgan fingerprint density at radius 1 is 1.33 bits per heavy atom. The Balaban J connectivity index is 2.88. The van der Waals surface area contributed by atoms with E-state index in [0.29, 0.717) is 0 Å². The van der Waals surface area contributed by atoms with Crippen LogP contribution < -0.4 is 0 Å². The van der Waals surface area contributed by atoms with Crippen molar-refractivity contribution < 1.29 is 24.1 Å². The summed E-state index contributed by atoms with van der Waals surface area (Å²) < 4.78 is 17.8. The van der Waals surface area contributed by atoms with Crippen molar-refractivity contribution in [1.29, 1.82) is 0 Å². The molecule has 0 aromatic carbocycles. The summed E-state index contributed by atoms with van der Waals surface area (Å²) in [5.41, 5.74) is 8.57. The Kier molecular flexibility index (Phi) is 6.85. The van der Waals surface area contributed by atoms with Gasteiger partial charge in [0, 0.05) is 4.91 Å². The molecule has 8 nitrogen and oxygen atoms in total. The van der Waals surface area contributed by atoms with Crippen molar-refractivity contribution >= 4 is 8.32 Å². The van der Waals surface area contributed by atoms with E-state index in [-0.39, 0.29) is 11.6 Å². The Hall–Kier alpha value is -0.673. The number of azide groups is 1. The van der Waals surface area contributed by atoms with Crippen LogP contribution in [0.5, 0.6) is 0 Å². The van der Waals surface area contributed by atoms with Crippen LogP contribution in [0, 0.1) is 0 Å². The van der Waals surface area contributed by atoms with E-state index < -0.39 is 45.1 Å². The number of hydrogen-bond donors (Lipinski definition) is 2. The molecular formula is C15H31N3O5Si. The highest BCUT2D eigenvalue weighted by Crippen LogP contribution is 2.38. The second-order valence-electron chi connectivity index (χ2n) is 8.16. The number of ether oxygens (including phenoxy) is 2. The van der Waals surface area contributed by atoms with Crippen LogP contribution in [0.25, 0.3) is 10.4 Å². The quantitative estimate of drug-likeness (QED) is 0.313. The van der Waals surface area contributed by atoms with Crippen LogP contribution >= 0.6 is 0 Å². The summed E-state index contributed by atoms with van der Waals surface area (Å²) in [5.74, 6) is -0.885. The summed E-state index contributed by atoms with van der Waals surface area (Å²) in [6.07, 6.45) is -2.43. The van der Waals surface area contributed by atoms with E-state index in [1.54, 1.807) is 13.8 Å². The summed E-state index contributed by atoms with van der Waals surface area (Å²) in [6.45, 7) is 14.0. The SMILES string of the molecule is CC1(C)O[C@@H]([C@@H](O)[C@H](CO)N=[N+]=[N-])[C@H](CO[Si](C)(C)C(C)(C)C)O1. The van der Waals surface area contributed by atoms with Crippen LogP contribution in [0.1, 0.15) is 34.6 Å². The molecule has 140 valence electrons. The van der Waals surface area contributed by atoms with Gasteiger partial charge in [0.25, 0.3) is 0 Å². The maximum absolute atomic E-state index is 10.5. The van der Waals surface area contributed by atoms with Crippen molar-refractivity contribution in [2.75, 3.05) is 13.2 Å². The highest BCUT2D eigenvalue weighted by atomic mass is 28.4. The molecule has 0 bridgehead atoms. The van der Waals surface area contributed by atoms with Crippen molar-refractivity contribution in [3.63, 3.8) is 0 Å². The molecule has 9 heteroatoms. The second kappa shape index (κ2) is 7.70. The van der Waals surface area contributed by atoms with Crippen LogP contribution in [0.15, 0.2) is 5.11 Å². The Morgan fingerprint density at radius 2 is 1.92 bits per heavy atom. The Morgan fingerprint density at radius 3 is 2.38 bits per heavy atom. The monoisotopic (exact) mass is 361 g/mol. The summed E-state index contributed by atoms with van der Waals surface area (Å²) >= 11 is 0. The van der Waals surface area contributed by atoms with Gasteiger partial charge in [0.05, 0.1) is 25.4 Å². The van der Waals surface area contributed by atoms with E-state index in [1.165, 1.54) is 0 Å². The van der Waals surface area contributed by atoms with Gasteiger partial charge in [-0.05, 0) is 37.5 Å². The van der Waals surface area contributed by atoms with Crippen LogP contribution in [-0.4, -0.2) is 61.9 Å². The summed E-state index contributed by atoms with van der Waals surface area (Å²) in [6, 6.07) is -0.993. The van der Waals surface area contributed by atoms with Gasteiger partial charge in [0.2, 0.25) is 0 Å². The Bertz CT molecular complexity index is 474. The van der Waals surface area contributed by atoms with Gasteiger partial charge in [-0.3, -0.25) is 0 Å². The molecule has 0 spiro atoms. The van der Waals surface area contributed by atoms with E-state index in [4.69, 9.17) is 19.4 Å². The van der Waals surface area contributed by atoms with Gasteiger partial charge < -0.3 is 24.1 Å². The first kappa shape index (κ1) is 21.4. The lowest BCUT2D eigenvalue weighted by atomic mass is 10.0. The van der Waals surface area contributed by atoms with Gasteiger partial charge >= 0.3 is 0 Å². The van der Waals surface area contributed by atoms with Crippen molar-refractivity contribution in [3.05, 3.63) is 10.4 Å². The molecule has 1 heterocycles. The molecule has 4 atom stereocenters. The topological polar surface area (TPSA) is 117 Å². The van der Waals surface area contributed by atoms with Crippen molar-refractivity contribution in [3.8, 4) is 0 Å². The van der Waals surface area contributed by atoms with Crippen LogP contribution in [0.4, 0.5) is 0 Å².